The lowest BCUT2D eigenvalue weighted by molar-refractivity contribution is -0.116. The van der Waals surface area contributed by atoms with Gasteiger partial charge in [0, 0.05) is 17.1 Å². The summed E-state index contributed by atoms with van der Waals surface area (Å²) in [6.07, 6.45) is 4.83. The number of rotatable bonds is 6. The summed E-state index contributed by atoms with van der Waals surface area (Å²) < 4.78 is 13.1. The van der Waals surface area contributed by atoms with Gasteiger partial charge in [-0.3, -0.25) is 4.79 Å². The number of H-pyrrole nitrogens is 1. The van der Waals surface area contributed by atoms with Gasteiger partial charge in [-0.15, -0.1) is 0 Å². The highest BCUT2D eigenvalue weighted by Crippen LogP contribution is 2.23. The van der Waals surface area contributed by atoms with Crippen molar-refractivity contribution in [2.24, 2.45) is 5.73 Å². The minimum atomic E-state index is -0.425. The Bertz CT molecular complexity index is 902. The molecule has 1 amide bonds. The number of benzene rings is 1. The van der Waals surface area contributed by atoms with Crippen LogP contribution in [0.15, 0.2) is 72.6 Å². The molecule has 0 saturated carbocycles. The fourth-order valence-corrected chi connectivity index (χ4v) is 2.36. The SMILES string of the molecule is C=C/C(=C\c1cc(-c2ccc(F)cc2)[nH]c1C)NC(=O)/C(N)=C/C(=C)C. The molecular weight excluding hydrogens is 329 g/mol. The molecule has 0 fully saturated rings. The van der Waals surface area contributed by atoms with Gasteiger partial charge in [-0.1, -0.05) is 18.7 Å². The largest absolute Gasteiger partial charge is 0.394 e. The van der Waals surface area contributed by atoms with Crippen molar-refractivity contribution in [3.63, 3.8) is 0 Å². The van der Waals surface area contributed by atoms with Crippen LogP contribution in [-0.2, 0) is 4.79 Å². The van der Waals surface area contributed by atoms with Crippen LogP contribution >= 0.6 is 0 Å². The summed E-state index contributed by atoms with van der Waals surface area (Å²) in [6, 6.07) is 8.15. The van der Waals surface area contributed by atoms with E-state index in [-0.39, 0.29) is 11.5 Å². The molecule has 5 heteroatoms. The van der Waals surface area contributed by atoms with Crippen LogP contribution in [0, 0.1) is 12.7 Å². The molecule has 4 nitrogen and oxygen atoms in total. The third-order valence-electron chi connectivity index (χ3n) is 3.66. The monoisotopic (exact) mass is 351 g/mol. The molecule has 1 heterocycles. The van der Waals surface area contributed by atoms with Crippen molar-refractivity contribution >= 4 is 12.0 Å². The second-order valence-corrected chi connectivity index (χ2v) is 5.97. The third kappa shape index (κ3) is 4.83. The molecule has 0 aliphatic rings. The highest BCUT2D eigenvalue weighted by molar-refractivity contribution is 5.95. The van der Waals surface area contributed by atoms with Crippen molar-refractivity contribution in [2.45, 2.75) is 13.8 Å². The number of hydrogen-bond donors (Lipinski definition) is 3. The third-order valence-corrected chi connectivity index (χ3v) is 3.66. The second-order valence-electron chi connectivity index (χ2n) is 5.97. The maximum atomic E-state index is 13.1. The minimum absolute atomic E-state index is 0.0723. The van der Waals surface area contributed by atoms with Gasteiger partial charge in [0.25, 0.3) is 5.91 Å². The number of amides is 1. The van der Waals surface area contributed by atoms with E-state index in [2.05, 4.69) is 23.5 Å². The standard InChI is InChI=1S/C21H22FN3O/c1-5-18(25-21(26)19(23)10-13(2)3)11-16-12-20(24-14(16)4)15-6-8-17(22)9-7-15/h5-12,24H,1-2,23H2,3-4H3,(H,25,26)/b18-11+,19-10-. The molecule has 0 bridgehead atoms. The van der Waals surface area contributed by atoms with Crippen molar-refractivity contribution in [1.29, 1.82) is 0 Å². The Morgan fingerprint density at radius 2 is 1.96 bits per heavy atom. The van der Waals surface area contributed by atoms with Crippen LogP contribution in [-0.4, -0.2) is 10.9 Å². The average Bonchev–Trinajstić information content (AvgIpc) is 2.94. The van der Waals surface area contributed by atoms with Gasteiger partial charge in [-0.25, -0.2) is 4.39 Å². The zero-order valence-electron chi connectivity index (χ0n) is 14.9. The van der Waals surface area contributed by atoms with Gasteiger partial charge in [0.2, 0.25) is 0 Å². The number of hydrogen-bond acceptors (Lipinski definition) is 2. The number of carbonyl (C=O) groups excluding carboxylic acids is 1. The number of halogens is 1. The molecule has 0 spiro atoms. The van der Waals surface area contributed by atoms with Gasteiger partial charge in [-0.2, -0.15) is 0 Å². The van der Waals surface area contributed by atoms with E-state index in [0.29, 0.717) is 11.3 Å². The molecule has 0 atom stereocenters. The first kappa shape index (κ1) is 19.0. The van der Waals surface area contributed by atoms with E-state index >= 15 is 0 Å². The summed E-state index contributed by atoms with van der Waals surface area (Å²) in [7, 11) is 0. The number of allylic oxidation sites excluding steroid dienone is 3. The van der Waals surface area contributed by atoms with Crippen LogP contribution in [0.2, 0.25) is 0 Å². The first-order valence-corrected chi connectivity index (χ1v) is 8.04. The van der Waals surface area contributed by atoms with Crippen LogP contribution in [0.3, 0.4) is 0 Å². The number of aromatic nitrogens is 1. The minimum Gasteiger partial charge on any atom is -0.394 e. The Balaban J connectivity index is 2.26. The van der Waals surface area contributed by atoms with Crippen LogP contribution in [0.4, 0.5) is 4.39 Å². The lowest BCUT2D eigenvalue weighted by Gasteiger charge is -2.06. The van der Waals surface area contributed by atoms with E-state index in [1.165, 1.54) is 24.3 Å². The average molecular weight is 351 g/mol. The van der Waals surface area contributed by atoms with E-state index in [9.17, 15) is 9.18 Å². The Morgan fingerprint density at radius 3 is 2.54 bits per heavy atom. The van der Waals surface area contributed by atoms with Gasteiger partial charge in [-0.05, 0) is 73.5 Å². The number of aromatic amines is 1. The summed E-state index contributed by atoms with van der Waals surface area (Å²) in [5.74, 6) is -0.708. The van der Waals surface area contributed by atoms with E-state index in [1.54, 1.807) is 25.1 Å². The molecule has 134 valence electrons. The molecule has 2 aromatic rings. The zero-order valence-corrected chi connectivity index (χ0v) is 14.9. The summed E-state index contributed by atoms with van der Waals surface area (Å²) in [4.78, 5) is 15.4. The first-order valence-electron chi connectivity index (χ1n) is 8.04. The predicted octanol–water partition coefficient (Wildman–Crippen LogP) is 4.19. The number of nitrogens with one attached hydrogen (secondary N) is 2. The van der Waals surface area contributed by atoms with E-state index < -0.39 is 5.91 Å². The Morgan fingerprint density at radius 1 is 1.31 bits per heavy atom. The molecule has 0 aliphatic heterocycles. The fourth-order valence-electron chi connectivity index (χ4n) is 2.36. The number of aryl methyl sites for hydroxylation is 1. The highest BCUT2D eigenvalue weighted by Gasteiger charge is 2.09. The smallest absolute Gasteiger partial charge is 0.271 e. The molecule has 0 saturated heterocycles. The lowest BCUT2D eigenvalue weighted by atomic mass is 10.1. The quantitative estimate of drug-likeness (QED) is 0.539. The summed E-state index contributed by atoms with van der Waals surface area (Å²) in [6.45, 7) is 11.1. The predicted molar refractivity (Wildman–Crippen MR) is 104 cm³/mol. The number of nitrogens with two attached hydrogens (primary N) is 1. The molecule has 0 aliphatic carbocycles. The zero-order chi connectivity index (χ0) is 19.3. The number of carbonyl (C=O) groups is 1. The Hall–Kier alpha value is -3.34. The molecule has 4 N–H and O–H groups in total. The summed E-state index contributed by atoms with van der Waals surface area (Å²) in [5, 5.41) is 2.71. The lowest BCUT2D eigenvalue weighted by Crippen LogP contribution is -2.27. The maximum absolute atomic E-state index is 13.1. The Labute approximate surface area is 152 Å². The van der Waals surface area contributed by atoms with Gasteiger partial charge in [0.1, 0.15) is 5.82 Å². The molecule has 26 heavy (non-hydrogen) atoms. The van der Waals surface area contributed by atoms with Crippen molar-refractivity contribution in [3.05, 3.63) is 89.7 Å². The second kappa shape index (κ2) is 8.16. The maximum Gasteiger partial charge on any atom is 0.271 e. The topological polar surface area (TPSA) is 70.9 Å². The van der Waals surface area contributed by atoms with Crippen LogP contribution < -0.4 is 11.1 Å². The van der Waals surface area contributed by atoms with Gasteiger partial charge in [0.15, 0.2) is 0 Å². The van der Waals surface area contributed by atoms with E-state index in [4.69, 9.17) is 5.73 Å². The fraction of sp³-hybridized carbons (Fsp3) is 0.0952. The first-order chi connectivity index (χ1) is 12.3. The molecule has 0 radical (unpaired) electrons. The van der Waals surface area contributed by atoms with Gasteiger partial charge < -0.3 is 16.0 Å². The van der Waals surface area contributed by atoms with Crippen LogP contribution in [0.25, 0.3) is 17.3 Å². The van der Waals surface area contributed by atoms with Crippen molar-refractivity contribution in [1.82, 2.24) is 10.3 Å². The van der Waals surface area contributed by atoms with Crippen molar-refractivity contribution < 1.29 is 9.18 Å². The molecular formula is C21H22FN3O. The molecule has 1 aromatic carbocycles. The van der Waals surface area contributed by atoms with Gasteiger partial charge >= 0.3 is 0 Å². The molecule has 2 rings (SSSR count). The van der Waals surface area contributed by atoms with Gasteiger partial charge in [0.05, 0.1) is 5.70 Å². The summed E-state index contributed by atoms with van der Waals surface area (Å²) in [5.41, 5.74) is 10.5. The van der Waals surface area contributed by atoms with Crippen molar-refractivity contribution in [2.75, 3.05) is 0 Å². The Kier molecular flexibility index (Phi) is 5.96. The van der Waals surface area contributed by atoms with Crippen molar-refractivity contribution in [3.8, 4) is 11.3 Å². The highest BCUT2D eigenvalue weighted by atomic mass is 19.1. The normalized spacial score (nSPS) is 12.0. The molecule has 0 unspecified atom stereocenters. The summed E-state index contributed by atoms with van der Waals surface area (Å²) >= 11 is 0. The van der Waals surface area contributed by atoms with E-state index in [1.807, 2.05) is 13.0 Å². The molecule has 1 aromatic heterocycles. The van der Waals surface area contributed by atoms with Crippen LogP contribution in [0.1, 0.15) is 18.2 Å². The van der Waals surface area contributed by atoms with E-state index in [0.717, 1.165) is 22.5 Å². The van der Waals surface area contributed by atoms with Crippen LogP contribution in [0.5, 0.6) is 0 Å².